The number of ether oxygens (including phenoxy) is 1. The molecule has 12 heteroatoms. The smallest absolute Gasteiger partial charge is 0.335 e. The summed E-state index contributed by atoms with van der Waals surface area (Å²) >= 11 is 14.3. The van der Waals surface area contributed by atoms with E-state index in [2.05, 4.69) is 15.0 Å². The minimum absolute atomic E-state index is 0.0963. The van der Waals surface area contributed by atoms with Crippen molar-refractivity contribution in [2.24, 2.45) is 11.8 Å². The molecule has 1 saturated heterocycles. The van der Waals surface area contributed by atoms with Gasteiger partial charge in [-0.1, -0.05) is 45.8 Å². The average molecular weight is 619 g/mol. The first-order chi connectivity index (χ1) is 19.8. The Labute approximate surface area is 248 Å². The maximum absolute atomic E-state index is 14.6. The molecule has 7 rings (SSSR count). The van der Waals surface area contributed by atoms with E-state index in [0.717, 1.165) is 30.2 Å². The number of carboxylic acid groups (broad SMARTS) is 1. The molecule has 2 aliphatic carbocycles. The second-order valence-corrected chi connectivity index (χ2v) is 13.0. The molecule has 214 valence electrons. The summed E-state index contributed by atoms with van der Waals surface area (Å²) in [5.74, 6) is -0.222. The molecular formula is C29H26Cl2FN3O5S. The number of halogens is 3. The molecule has 0 spiro atoms. The highest BCUT2D eigenvalue weighted by Gasteiger charge is 2.43. The zero-order valence-corrected chi connectivity index (χ0v) is 24.1. The number of hydrogen-bond acceptors (Lipinski definition) is 8. The predicted molar refractivity (Wildman–Crippen MR) is 153 cm³/mol. The van der Waals surface area contributed by atoms with Gasteiger partial charge in [-0.2, -0.15) is 0 Å². The molecule has 1 aliphatic heterocycles. The fourth-order valence-corrected chi connectivity index (χ4v) is 7.81. The molecular weight excluding hydrogens is 592 g/mol. The first kappa shape index (κ1) is 27.1. The van der Waals surface area contributed by atoms with Gasteiger partial charge in [0.2, 0.25) is 0 Å². The Balaban J connectivity index is 1.08. The van der Waals surface area contributed by atoms with Crippen LogP contribution in [0.1, 0.15) is 53.3 Å². The van der Waals surface area contributed by atoms with Gasteiger partial charge in [-0.25, -0.2) is 14.2 Å². The zero-order chi connectivity index (χ0) is 28.4. The SMILES string of the molecule is O=C(O)c1cc(F)c2nc(N3C[C@H]4C[C@H](O)[C@H](OCc5c(-c6c(Cl)cccc6Cl)noc5C5CC5)C[C@H]4C3)sc2c1. The lowest BCUT2D eigenvalue weighted by atomic mass is 9.78. The van der Waals surface area contributed by atoms with Crippen LogP contribution in [0.15, 0.2) is 34.9 Å². The van der Waals surface area contributed by atoms with Crippen LogP contribution >= 0.6 is 34.5 Å². The molecule has 0 unspecified atom stereocenters. The summed E-state index contributed by atoms with van der Waals surface area (Å²) in [6.07, 6.45) is 2.28. The highest BCUT2D eigenvalue weighted by atomic mass is 35.5. The van der Waals surface area contributed by atoms with Gasteiger partial charge in [0.25, 0.3) is 0 Å². The number of aromatic nitrogens is 2. The Hall–Kier alpha value is -2.76. The summed E-state index contributed by atoms with van der Waals surface area (Å²) < 4.78 is 27.2. The molecule has 0 bridgehead atoms. The summed E-state index contributed by atoms with van der Waals surface area (Å²) in [4.78, 5) is 17.9. The minimum atomic E-state index is -1.18. The third-order valence-corrected chi connectivity index (χ3v) is 10.1. The Morgan fingerprint density at radius 3 is 2.61 bits per heavy atom. The van der Waals surface area contributed by atoms with Gasteiger partial charge >= 0.3 is 5.97 Å². The lowest BCUT2D eigenvalue weighted by molar-refractivity contribution is -0.0867. The van der Waals surface area contributed by atoms with Crippen LogP contribution in [0, 0.1) is 17.7 Å². The minimum Gasteiger partial charge on any atom is -0.478 e. The standard InChI is InChI=1S/C29H26Cl2FN3O5S/c30-18-2-1-3-19(31)24(18)25-17(27(40-34-25)13-4-5-13)12-39-22-8-16-11-35(10-15(16)7-21(22)36)29-33-26-20(32)6-14(28(37)38)9-23(26)41-29/h1-3,6,9,13,15-16,21-22,36H,4-5,7-8,10-12H2,(H,37,38)/t15-,16+,21+,22-/m1/s1. The van der Waals surface area contributed by atoms with E-state index in [-0.39, 0.29) is 35.6 Å². The van der Waals surface area contributed by atoms with E-state index in [0.29, 0.717) is 63.0 Å². The number of thiazole rings is 1. The number of fused-ring (bicyclic) bond motifs is 2. The van der Waals surface area contributed by atoms with Gasteiger partial charge in [0.15, 0.2) is 10.9 Å². The van der Waals surface area contributed by atoms with Crippen molar-refractivity contribution in [2.75, 3.05) is 18.0 Å². The molecule has 4 atom stereocenters. The van der Waals surface area contributed by atoms with E-state index < -0.39 is 17.9 Å². The number of carbonyl (C=O) groups is 1. The van der Waals surface area contributed by atoms with E-state index in [1.54, 1.807) is 18.2 Å². The van der Waals surface area contributed by atoms with Gasteiger partial charge in [-0.3, -0.25) is 0 Å². The zero-order valence-electron chi connectivity index (χ0n) is 21.7. The second kappa shape index (κ2) is 10.5. The number of hydrogen-bond donors (Lipinski definition) is 2. The number of benzene rings is 2. The van der Waals surface area contributed by atoms with Crippen molar-refractivity contribution >= 4 is 55.9 Å². The fourth-order valence-electron chi connectivity index (χ4n) is 6.20. The number of rotatable bonds is 7. The van der Waals surface area contributed by atoms with Gasteiger partial charge in [-0.05, 0) is 61.8 Å². The molecule has 4 aromatic rings. The molecule has 2 saturated carbocycles. The van der Waals surface area contributed by atoms with Gasteiger partial charge in [0.05, 0.1) is 39.1 Å². The van der Waals surface area contributed by atoms with Crippen molar-refractivity contribution in [2.45, 2.75) is 50.4 Å². The highest BCUT2D eigenvalue weighted by Crippen LogP contribution is 2.47. The summed E-state index contributed by atoms with van der Waals surface area (Å²) in [5, 5.41) is 26.3. The fraction of sp³-hybridized carbons (Fsp3) is 0.414. The van der Waals surface area contributed by atoms with E-state index >= 15 is 0 Å². The molecule has 3 aliphatic rings. The third-order valence-electron chi connectivity index (χ3n) is 8.45. The van der Waals surface area contributed by atoms with Crippen molar-refractivity contribution in [1.82, 2.24) is 10.1 Å². The molecule has 2 aromatic carbocycles. The van der Waals surface area contributed by atoms with Crippen LogP contribution in [0.5, 0.6) is 0 Å². The Kier molecular flexibility index (Phi) is 6.94. The van der Waals surface area contributed by atoms with Crippen molar-refractivity contribution in [3.05, 3.63) is 63.1 Å². The van der Waals surface area contributed by atoms with Crippen LogP contribution in [0.25, 0.3) is 21.5 Å². The molecule has 0 radical (unpaired) electrons. The first-order valence-electron chi connectivity index (χ1n) is 13.6. The van der Waals surface area contributed by atoms with Gasteiger partial charge in [-0.15, -0.1) is 0 Å². The Morgan fingerprint density at radius 2 is 1.90 bits per heavy atom. The molecule has 2 aromatic heterocycles. The average Bonchev–Trinajstić information content (AvgIpc) is 3.34. The van der Waals surface area contributed by atoms with Crippen LogP contribution in [-0.2, 0) is 11.3 Å². The number of aliphatic hydroxyl groups is 1. The maximum Gasteiger partial charge on any atom is 0.335 e. The summed E-state index contributed by atoms with van der Waals surface area (Å²) in [7, 11) is 0. The van der Waals surface area contributed by atoms with E-state index in [1.807, 2.05) is 0 Å². The third kappa shape index (κ3) is 4.99. The second-order valence-electron chi connectivity index (χ2n) is 11.2. The number of aliphatic hydroxyl groups excluding tert-OH is 1. The molecule has 8 nitrogen and oxygen atoms in total. The van der Waals surface area contributed by atoms with E-state index in [4.69, 9.17) is 32.5 Å². The highest BCUT2D eigenvalue weighted by molar-refractivity contribution is 7.22. The number of aromatic carboxylic acids is 1. The Bertz CT molecular complexity index is 1640. The monoisotopic (exact) mass is 617 g/mol. The molecule has 41 heavy (non-hydrogen) atoms. The largest absolute Gasteiger partial charge is 0.478 e. The summed E-state index contributed by atoms with van der Waals surface area (Å²) in [6, 6.07) is 7.78. The van der Waals surface area contributed by atoms with Crippen LogP contribution in [0.2, 0.25) is 10.0 Å². The number of anilines is 1. The lowest BCUT2D eigenvalue weighted by Gasteiger charge is -2.34. The lowest BCUT2D eigenvalue weighted by Crippen LogP contribution is -2.40. The quantitative estimate of drug-likeness (QED) is 0.234. The Morgan fingerprint density at radius 1 is 1.17 bits per heavy atom. The van der Waals surface area contributed by atoms with Crippen LogP contribution in [-0.4, -0.2) is 51.6 Å². The van der Waals surface area contributed by atoms with Crippen molar-refractivity contribution < 1.29 is 28.7 Å². The number of nitrogens with zero attached hydrogens (tertiary/aromatic N) is 3. The molecule has 0 amide bonds. The van der Waals surface area contributed by atoms with Crippen LogP contribution in [0.4, 0.5) is 9.52 Å². The van der Waals surface area contributed by atoms with E-state index in [1.165, 1.54) is 17.4 Å². The van der Waals surface area contributed by atoms with Crippen LogP contribution in [0.3, 0.4) is 0 Å². The molecule has 3 heterocycles. The van der Waals surface area contributed by atoms with Crippen molar-refractivity contribution in [3.8, 4) is 11.3 Å². The normalized spacial score (nSPS) is 24.2. The van der Waals surface area contributed by atoms with Crippen LogP contribution < -0.4 is 4.90 Å². The van der Waals surface area contributed by atoms with Gasteiger partial charge in [0, 0.05) is 30.1 Å². The molecule has 2 N–H and O–H groups in total. The predicted octanol–water partition coefficient (Wildman–Crippen LogP) is 6.77. The van der Waals surface area contributed by atoms with Crippen molar-refractivity contribution in [3.63, 3.8) is 0 Å². The topological polar surface area (TPSA) is 109 Å². The number of carboxylic acids is 1. The van der Waals surface area contributed by atoms with Gasteiger partial charge in [0.1, 0.15) is 17.0 Å². The summed E-state index contributed by atoms with van der Waals surface area (Å²) in [5.41, 5.74) is 2.10. The molecule has 3 fully saturated rings. The van der Waals surface area contributed by atoms with Gasteiger partial charge < -0.3 is 24.4 Å². The maximum atomic E-state index is 14.6. The van der Waals surface area contributed by atoms with Crippen molar-refractivity contribution in [1.29, 1.82) is 0 Å². The van der Waals surface area contributed by atoms with E-state index in [9.17, 15) is 19.4 Å². The summed E-state index contributed by atoms with van der Waals surface area (Å²) in [6.45, 7) is 1.61. The first-order valence-corrected chi connectivity index (χ1v) is 15.1.